The average Bonchev–Trinajstić information content (AvgIpc) is 2.79. The summed E-state index contributed by atoms with van der Waals surface area (Å²) in [6.45, 7) is 0. The van der Waals surface area contributed by atoms with E-state index < -0.39 is 6.04 Å². The molecular formula is C24H23N3O2. The molecule has 29 heavy (non-hydrogen) atoms. The van der Waals surface area contributed by atoms with E-state index in [2.05, 4.69) is 5.32 Å². The smallest absolute Gasteiger partial charge is 0.205 e. The highest BCUT2D eigenvalue weighted by molar-refractivity contribution is 6.19. The third kappa shape index (κ3) is 4.71. The minimum atomic E-state index is -0.707. The molecule has 0 aliphatic heterocycles. The van der Waals surface area contributed by atoms with Crippen molar-refractivity contribution in [2.24, 2.45) is 5.73 Å². The molecule has 1 atom stereocenters. The van der Waals surface area contributed by atoms with Crippen molar-refractivity contribution in [3.05, 3.63) is 102 Å². The van der Waals surface area contributed by atoms with Gasteiger partial charge in [-0.15, -0.1) is 0 Å². The maximum Gasteiger partial charge on any atom is 0.205 e. The minimum Gasteiger partial charge on any atom is -0.497 e. The van der Waals surface area contributed by atoms with Gasteiger partial charge in [0.25, 0.3) is 0 Å². The van der Waals surface area contributed by atoms with Gasteiger partial charge in [0.1, 0.15) is 11.8 Å². The first-order valence-corrected chi connectivity index (χ1v) is 9.19. The molecule has 0 aromatic heterocycles. The SMILES string of the molecule is COc1cccc(NC(C(=O)C(N)=C(C=N)c2ccccc2)c2ccccc2)c1. The Labute approximate surface area is 170 Å². The summed E-state index contributed by atoms with van der Waals surface area (Å²) >= 11 is 0. The van der Waals surface area contributed by atoms with E-state index in [1.807, 2.05) is 84.9 Å². The topological polar surface area (TPSA) is 88.2 Å². The van der Waals surface area contributed by atoms with Gasteiger partial charge >= 0.3 is 0 Å². The lowest BCUT2D eigenvalue weighted by atomic mass is 9.95. The largest absolute Gasteiger partial charge is 0.497 e. The molecule has 0 spiro atoms. The zero-order valence-corrected chi connectivity index (χ0v) is 16.1. The lowest BCUT2D eigenvalue weighted by Gasteiger charge is -2.21. The van der Waals surface area contributed by atoms with Gasteiger partial charge in [-0.1, -0.05) is 66.7 Å². The molecule has 146 valence electrons. The molecule has 0 heterocycles. The van der Waals surface area contributed by atoms with Crippen LogP contribution < -0.4 is 15.8 Å². The first kappa shape index (κ1) is 19.9. The molecule has 0 amide bonds. The molecule has 5 heteroatoms. The number of Topliss-reactive ketones (excluding diaryl/α,β-unsaturated/α-hetero) is 1. The Morgan fingerprint density at radius 3 is 2.28 bits per heavy atom. The maximum absolute atomic E-state index is 13.4. The number of rotatable bonds is 8. The van der Waals surface area contributed by atoms with Crippen LogP contribution in [0.15, 0.2) is 90.6 Å². The van der Waals surface area contributed by atoms with Crippen LogP contribution in [0.1, 0.15) is 17.2 Å². The Bertz CT molecular complexity index is 1010. The molecule has 3 aromatic rings. The molecule has 5 nitrogen and oxygen atoms in total. The van der Waals surface area contributed by atoms with E-state index >= 15 is 0 Å². The Balaban J connectivity index is 2.02. The molecule has 0 fully saturated rings. The molecular weight excluding hydrogens is 362 g/mol. The van der Waals surface area contributed by atoms with Crippen LogP contribution in [0, 0.1) is 5.41 Å². The zero-order chi connectivity index (χ0) is 20.6. The molecule has 3 rings (SSSR count). The lowest BCUT2D eigenvalue weighted by Crippen LogP contribution is -2.27. The van der Waals surface area contributed by atoms with Crippen molar-refractivity contribution in [1.82, 2.24) is 0 Å². The van der Waals surface area contributed by atoms with Crippen molar-refractivity contribution in [3.63, 3.8) is 0 Å². The number of hydrogen-bond donors (Lipinski definition) is 3. The van der Waals surface area contributed by atoms with Crippen molar-refractivity contribution < 1.29 is 9.53 Å². The highest BCUT2D eigenvalue weighted by Crippen LogP contribution is 2.26. The molecule has 3 aromatic carbocycles. The van der Waals surface area contributed by atoms with Gasteiger partial charge in [0.05, 0.1) is 12.8 Å². The molecule has 0 radical (unpaired) electrons. The number of nitrogens with one attached hydrogen (secondary N) is 2. The number of ketones is 1. The van der Waals surface area contributed by atoms with Crippen molar-refractivity contribution in [2.45, 2.75) is 6.04 Å². The lowest BCUT2D eigenvalue weighted by molar-refractivity contribution is -0.116. The Kier molecular flexibility index (Phi) is 6.43. The van der Waals surface area contributed by atoms with Crippen LogP contribution in [0.3, 0.4) is 0 Å². The summed E-state index contributed by atoms with van der Waals surface area (Å²) in [7, 11) is 1.59. The van der Waals surface area contributed by atoms with Crippen molar-refractivity contribution >= 4 is 23.3 Å². The standard InChI is InChI=1S/C24H23N3O2/c1-29-20-14-8-13-19(15-20)27-23(18-11-6-3-7-12-18)24(28)22(26)21(16-25)17-9-4-2-5-10-17/h2-16,23,25,27H,26H2,1H3. The van der Waals surface area contributed by atoms with E-state index in [1.165, 1.54) is 0 Å². The predicted molar refractivity (Wildman–Crippen MR) is 117 cm³/mol. The van der Waals surface area contributed by atoms with Crippen LogP contribution in [0.4, 0.5) is 5.69 Å². The summed E-state index contributed by atoms with van der Waals surface area (Å²) in [6.07, 6.45) is 1.12. The van der Waals surface area contributed by atoms with E-state index in [-0.39, 0.29) is 11.5 Å². The van der Waals surface area contributed by atoms with Crippen molar-refractivity contribution in [1.29, 1.82) is 5.41 Å². The molecule has 0 aliphatic rings. The third-order valence-corrected chi connectivity index (χ3v) is 4.56. The Morgan fingerprint density at radius 1 is 1.00 bits per heavy atom. The summed E-state index contributed by atoms with van der Waals surface area (Å²) in [5.41, 5.74) is 8.93. The second kappa shape index (κ2) is 9.37. The van der Waals surface area contributed by atoms with Crippen molar-refractivity contribution in [2.75, 3.05) is 12.4 Å². The fraction of sp³-hybridized carbons (Fsp3) is 0.0833. The predicted octanol–water partition coefficient (Wildman–Crippen LogP) is 4.44. The normalized spacial score (nSPS) is 12.4. The fourth-order valence-electron chi connectivity index (χ4n) is 3.05. The van der Waals surface area contributed by atoms with Gasteiger partial charge in [-0.05, 0) is 23.3 Å². The minimum absolute atomic E-state index is 0.0375. The van der Waals surface area contributed by atoms with Crippen LogP contribution in [0.5, 0.6) is 5.75 Å². The second-order valence-corrected chi connectivity index (χ2v) is 6.42. The van der Waals surface area contributed by atoms with E-state index in [1.54, 1.807) is 7.11 Å². The van der Waals surface area contributed by atoms with E-state index in [0.717, 1.165) is 23.0 Å². The van der Waals surface area contributed by atoms with Gasteiger partial charge < -0.3 is 21.2 Å². The number of hydrogen-bond acceptors (Lipinski definition) is 5. The van der Waals surface area contributed by atoms with Crippen molar-refractivity contribution in [3.8, 4) is 5.75 Å². The third-order valence-electron chi connectivity index (χ3n) is 4.56. The van der Waals surface area contributed by atoms with Crippen LogP contribution >= 0.6 is 0 Å². The van der Waals surface area contributed by atoms with Crippen LogP contribution in [-0.4, -0.2) is 19.1 Å². The molecule has 4 N–H and O–H groups in total. The van der Waals surface area contributed by atoms with E-state index in [4.69, 9.17) is 15.9 Å². The number of carbonyl (C=O) groups is 1. The number of methoxy groups -OCH3 is 1. The number of nitrogens with two attached hydrogens (primary N) is 1. The van der Waals surface area contributed by atoms with Gasteiger partial charge in [0, 0.05) is 23.5 Å². The number of allylic oxidation sites excluding steroid dienone is 1. The van der Waals surface area contributed by atoms with Gasteiger partial charge in [-0.2, -0.15) is 0 Å². The quantitative estimate of drug-likeness (QED) is 0.395. The summed E-state index contributed by atoms with van der Waals surface area (Å²) in [5.74, 6) is 0.378. The van der Waals surface area contributed by atoms with Gasteiger partial charge in [0.2, 0.25) is 5.78 Å². The number of anilines is 1. The maximum atomic E-state index is 13.4. The summed E-state index contributed by atoms with van der Waals surface area (Å²) in [6, 6.07) is 25.3. The molecule has 0 bridgehead atoms. The van der Waals surface area contributed by atoms with Crippen LogP contribution in [-0.2, 0) is 4.79 Å². The van der Waals surface area contributed by atoms with Crippen LogP contribution in [0.2, 0.25) is 0 Å². The summed E-state index contributed by atoms with van der Waals surface area (Å²) < 4.78 is 5.27. The van der Waals surface area contributed by atoms with Gasteiger partial charge in [0.15, 0.2) is 0 Å². The summed E-state index contributed by atoms with van der Waals surface area (Å²) in [5, 5.41) is 11.1. The Morgan fingerprint density at radius 2 is 1.66 bits per heavy atom. The molecule has 0 saturated heterocycles. The van der Waals surface area contributed by atoms with E-state index in [9.17, 15) is 4.79 Å². The summed E-state index contributed by atoms with van der Waals surface area (Å²) in [4.78, 5) is 13.4. The monoisotopic (exact) mass is 385 g/mol. The molecule has 1 unspecified atom stereocenters. The number of ether oxygens (including phenoxy) is 1. The highest BCUT2D eigenvalue weighted by atomic mass is 16.5. The molecule has 0 aliphatic carbocycles. The second-order valence-electron chi connectivity index (χ2n) is 6.42. The highest BCUT2D eigenvalue weighted by Gasteiger charge is 2.25. The number of carbonyl (C=O) groups excluding carboxylic acids is 1. The molecule has 0 saturated carbocycles. The first-order valence-electron chi connectivity index (χ1n) is 9.19. The van der Waals surface area contributed by atoms with Gasteiger partial charge in [-0.25, -0.2) is 0 Å². The fourth-order valence-corrected chi connectivity index (χ4v) is 3.05. The first-order chi connectivity index (χ1) is 14.1. The zero-order valence-electron chi connectivity index (χ0n) is 16.1. The average molecular weight is 385 g/mol. The van der Waals surface area contributed by atoms with Gasteiger partial charge in [-0.3, -0.25) is 4.79 Å². The van der Waals surface area contributed by atoms with E-state index in [0.29, 0.717) is 11.3 Å². The number of benzene rings is 3. The van der Waals surface area contributed by atoms with Crippen LogP contribution in [0.25, 0.3) is 5.57 Å². The Hall–Kier alpha value is -3.86.